The van der Waals surface area contributed by atoms with Gasteiger partial charge in [0.25, 0.3) is 0 Å². The van der Waals surface area contributed by atoms with E-state index in [9.17, 15) is 9.59 Å². The number of aryl methyl sites for hydroxylation is 1. The van der Waals surface area contributed by atoms with E-state index in [0.717, 1.165) is 23.4 Å². The van der Waals surface area contributed by atoms with E-state index in [4.69, 9.17) is 0 Å². The highest BCUT2D eigenvalue weighted by Gasteiger charge is 2.18. The summed E-state index contributed by atoms with van der Waals surface area (Å²) in [6, 6.07) is 14.6. The summed E-state index contributed by atoms with van der Waals surface area (Å²) < 4.78 is 0. The van der Waals surface area contributed by atoms with Crippen LogP contribution in [0.1, 0.15) is 28.2 Å². The molecule has 2 aromatic heterocycles. The standard InChI is InChI=1S/C21H16N6O2/c28-17-9-7-12-6-8-14(10-15(12)24-17)23-20-18-16(11-22-27-18)25-21(26-20)19(29)13-4-2-1-3-5-13/h1-6,8,10-11H,7,9H2,(H,22,27)(H,24,28)(H,23,25,26). The first-order valence-electron chi connectivity index (χ1n) is 9.18. The van der Waals surface area contributed by atoms with Crippen LogP contribution in [0.3, 0.4) is 0 Å². The van der Waals surface area contributed by atoms with Gasteiger partial charge in [-0.2, -0.15) is 5.10 Å². The molecule has 4 aromatic rings. The normalized spacial score (nSPS) is 13.0. The van der Waals surface area contributed by atoms with E-state index in [1.54, 1.807) is 30.5 Å². The van der Waals surface area contributed by atoms with Crippen molar-refractivity contribution in [2.24, 2.45) is 0 Å². The molecule has 3 heterocycles. The maximum Gasteiger partial charge on any atom is 0.230 e. The summed E-state index contributed by atoms with van der Waals surface area (Å²) in [4.78, 5) is 33.3. The molecule has 0 aliphatic carbocycles. The Morgan fingerprint density at radius 3 is 2.76 bits per heavy atom. The number of rotatable bonds is 4. The molecule has 142 valence electrons. The number of aromatic amines is 1. The predicted molar refractivity (Wildman–Crippen MR) is 108 cm³/mol. The average molecular weight is 384 g/mol. The van der Waals surface area contributed by atoms with Gasteiger partial charge >= 0.3 is 0 Å². The van der Waals surface area contributed by atoms with Crippen molar-refractivity contribution >= 4 is 39.9 Å². The SMILES string of the molecule is O=C1CCc2ccc(Nc3nc(C(=O)c4ccccc4)nc4cn[nH]c34)cc2N1. The number of carbonyl (C=O) groups excluding carboxylic acids is 2. The number of nitrogens with zero attached hydrogens (tertiary/aromatic N) is 3. The summed E-state index contributed by atoms with van der Waals surface area (Å²) in [5, 5.41) is 13.0. The lowest BCUT2D eigenvalue weighted by Gasteiger charge is -2.18. The molecule has 1 aliphatic heterocycles. The van der Waals surface area contributed by atoms with E-state index < -0.39 is 0 Å². The molecule has 0 atom stereocenters. The number of hydrogen-bond donors (Lipinski definition) is 3. The Bertz CT molecular complexity index is 1250. The minimum absolute atomic E-state index is 0.00314. The molecular weight excluding hydrogens is 368 g/mol. The van der Waals surface area contributed by atoms with E-state index in [1.165, 1.54) is 0 Å². The van der Waals surface area contributed by atoms with Gasteiger partial charge in [-0.25, -0.2) is 9.97 Å². The Morgan fingerprint density at radius 2 is 1.90 bits per heavy atom. The van der Waals surface area contributed by atoms with Crippen LogP contribution >= 0.6 is 0 Å². The van der Waals surface area contributed by atoms with Gasteiger partial charge < -0.3 is 10.6 Å². The zero-order valence-electron chi connectivity index (χ0n) is 15.3. The third-order valence-electron chi connectivity index (χ3n) is 4.81. The van der Waals surface area contributed by atoms with E-state index in [0.29, 0.717) is 28.8 Å². The Hall–Kier alpha value is -4.07. The topological polar surface area (TPSA) is 113 Å². The van der Waals surface area contributed by atoms with Crippen LogP contribution in [0.25, 0.3) is 11.0 Å². The Kier molecular flexibility index (Phi) is 4.02. The molecule has 5 rings (SSSR count). The van der Waals surface area contributed by atoms with Crippen molar-refractivity contribution < 1.29 is 9.59 Å². The molecule has 0 saturated carbocycles. The van der Waals surface area contributed by atoms with Crippen molar-refractivity contribution in [3.8, 4) is 0 Å². The number of aromatic nitrogens is 4. The highest BCUT2D eigenvalue weighted by atomic mass is 16.1. The largest absolute Gasteiger partial charge is 0.338 e. The zero-order chi connectivity index (χ0) is 19.8. The third kappa shape index (κ3) is 3.20. The van der Waals surface area contributed by atoms with Crippen LogP contribution in [0.2, 0.25) is 0 Å². The monoisotopic (exact) mass is 384 g/mol. The van der Waals surface area contributed by atoms with Gasteiger partial charge in [0.05, 0.1) is 6.20 Å². The fourth-order valence-corrected chi connectivity index (χ4v) is 3.34. The highest BCUT2D eigenvalue weighted by molar-refractivity contribution is 6.08. The molecule has 0 fully saturated rings. The molecule has 0 saturated heterocycles. The molecule has 3 N–H and O–H groups in total. The Morgan fingerprint density at radius 1 is 1.03 bits per heavy atom. The molecule has 8 heteroatoms. The van der Waals surface area contributed by atoms with Crippen LogP contribution in [0.5, 0.6) is 0 Å². The first-order valence-corrected chi connectivity index (χ1v) is 9.18. The molecule has 0 radical (unpaired) electrons. The number of fused-ring (bicyclic) bond motifs is 2. The lowest BCUT2D eigenvalue weighted by molar-refractivity contribution is -0.116. The van der Waals surface area contributed by atoms with Gasteiger partial charge in [0, 0.05) is 23.4 Å². The van der Waals surface area contributed by atoms with Crippen LogP contribution in [0.15, 0.2) is 54.7 Å². The van der Waals surface area contributed by atoms with Gasteiger partial charge in [0.15, 0.2) is 5.82 Å². The Balaban J connectivity index is 1.53. The summed E-state index contributed by atoms with van der Waals surface area (Å²) in [5.74, 6) is 0.255. The van der Waals surface area contributed by atoms with Crippen LogP contribution in [-0.2, 0) is 11.2 Å². The number of anilines is 3. The fourth-order valence-electron chi connectivity index (χ4n) is 3.34. The maximum absolute atomic E-state index is 12.8. The van der Waals surface area contributed by atoms with E-state index in [1.807, 2.05) is 24.3 Å². The number of benzene rings is 2. The van der Waals surface area contributed by atoms with Crippen LogP contribution < -0.4 is 10.6 Å². The lowest BCUT2D eigenvalue weighted by Crippen LogP contribution is -2.18. The molecule has 0 bridgehead atoms. The number of hydrogen-bond acceptors (Lipinski definition) is 6. The predicted octanol–water partition coefficient (Wildman–Crippen LogP) is 3.21. The summed E-state index contributed by atoms with van der Waals surface area (Å²) in [6.07, 6.45) is 2.76. The second-order valence-corrected chi connectivity index (χ2v) is 6.77. The number of nitrogens with one attached hydrogen (secondary N) is 3. The molecular formula is C21H16N6O2. The molecule has 1 aliphatic rings. The molecule has 1 amide bonds. The van der Waals surface area contributed by atoms with Crippen molar-refractivity contribution in [1.82, 2.24) is 20.2 Å². The molecule has 29 heavy (non-hydrogen) atoms. The van der Waals surface area contributed by atoms with Gasteiger partial charge in [-0.1, -0.05) is 36.4 Å². The van der Waals surface area contributed by atoms with Crippen LogP contribution in [-0.4, -0.2) is 31.9 Å². The van der Waals surface area contributed by atoms with E-state index in [-0.39, 0.29) is 17.5 Å². The molecule has 8 nitrogen and oxygen atoms in total. The van der Waals surface area contributed by atoms with Crippen molar-refractivity contribution in [2.45, 2.75) is 12.8 Å². The summed E-state index contributed by atoms with van der Waals surface area (Å²) in [7, 11) is 0. The number of ketones is 1. The highest BCUT2D eigenvalue weighted by Crippen LogP contribution is 2.29. The molecule has 2 aromatic carbocycles. The minimum atomic E-state index is -0.269. The lowest BCUT2D eigenvalue weighted by atomic mass is 10.0. The number of carbonyl (C=O) groups is 2. The first-order chi connectivity index (χ1) is 14.2. The van der Waals surface area contributed by atoms with Gasteiger partial charge in [0.2, 0.25) is 17.5 Å². The van der Waals surface area contributed by atoms with E-state index in [2.05, 4.69) is 30.8 Å². The summed E-state index contributed by atoms with van der Waals surface area (Å²) in [6.45, 7) is 0. The number of H-pyrrole nitrogens is 1. The first kappa shape index (κ1) is 17.1. The third-order valence-corrected chi connectivity index (χ3v) is 4.81. The van der Waals surface area contributed by atoms with Gasteiger partial charge in [0.1, 0.15) is 11.0 Å². The average Bonchev–Trinajstić information content (AvgIpc) is 3.22. The van der Waals surface area contributed by atoms with Crippen molar-refractivity contribution in [1.29, 1.82) is 0 Å². The van der Waals surface area contributed by atoms with E-state index >= 15 is 0 Å². The van der Waals surface area contributed by atoms with Gasteiger partial charge in [-0.3, -0.25) is 14.7 Å². The van der Waals surface area contributed by atoms with Crippen molar-refractivity contribution in [3.05, 3.63) is 71.7 Å². The van der Waals surface area contributed by atoms with Crippen LogP contribution in [0.4, 0.5) is 17.2 Å². The zero-order valence-corrected chi connectivity index (χ0v) is 15.3. The second-order valence-electron chi connectivity index (χ2n) is 6.77. The van der Waals surface area contributed by atoms with Crippen LogP contribution in [0, 0.1) is 0 Å². The van der Waals surface area contributed by atoms with Crippen molar-refractivity contribution in [3.63, 3.8) is 0 Å². The molecule has 0 unspecified atom stereocenters. The summed E-state index contributed by atoms with van der Waals surface area (Å²) >= 11 is 0. The second kappa shape index (κ2) is 6.83. The van der Waals surface area contributed by atoms with Gasteiger partial charge in [-0.15, -0.1) is 0 Å². The summed E-state index contributed by atoms with van der Waals surface area (Å²) in [5.41, 5.74) is 4.24. The maximum atomic E-state index is 12.8. The quantitative estimate of drug-likeness (QED) is 0.466. The molecule has 0 spiro atoms. The smallest absolute Gasteiger partial charge is 0.230 e. The van der Waals surface area contributed by atoms with Gasteiger partial charge in [-0.05, 0) is 24.1 Å². The number of amides is 1. The fraction of sp³-hybridized carbons (Fsp3) is 0.0952. The minimum Gasteiger partial charge on any atom is -0.338 e. The Labute approximate surface area is 165 Å². The van der Waals surface area contributed by atoms with Crippen molar-refractivity contribution in [2.75, 3.05) is 10.6 Å².